The fourth-order valence-corrected chi connectivity index (χ4v) is 2.13. The van der Waals surface area contributed by atoms with Crippen molar-refractivity contribution in [1.29, 1.82) is 0 Å². The van der Waals surface area contributed by atoms with E-state index in [0.717, 1.165) is 38.3 Å². The Balaban J connectivity index is 2.42. The van der Waals surface area contributed by atoms with Crippen molar-refractivity contribution in [1.82, 2.24) is 14.9 Å². The van der Waals surface area contributed by atoms with Crippen molar-refractivity contribution in [3.63, 3.8) is 0 Å². The lowest BCUT2D eigenvalue weighted by molar-refractivity contribution is 0.0485. The second-order valence-electron chi connectivity index (χ2n) is 6.06. The van der Waals surface area contributed by atoms with E-state index in [2.05, 4.69) is 35.6 Å². The molecular weight excluding hydrogens is 238 g/mol. The Morgan fingerprint density at radius 3 is 2.84 bits per heavy atom. The van der Waals surface area contributed by atoms with Crippen molar-refractivity contribution in [3.05, 3.63) is 18.2 Å². The molecule has 0 radical (unpaired) electrons. The average molecular weight is 267 g/mol. The standard InChI is InChI=1S/C15H29N3O/c1-5-9-18-10-8-17-14(18)11-15(4,19)6-7-16-12-13(2)3/h8,10,13,16,19H,5-7,9,11-12H2,1-4H3. The Bertz CT molecular complexity index is 358. The topological polar surface area (TPSA) is 50.1 Å². The molecule has 0 aromatic carbocycles. The van der Waals surface area contributed by atoms with Crippen LogP contribution in [0.2, 0.25) is 0 Å². The minimum Gasteiger partial charge on any atom is -0.390 e. The number of nitrogens with zero attached hydrogens (tertiary/aromatic N) is 2. The second-order valence-corrected chi connectivity index (χ2v) is 6.06. The van der Waals surface area contributed by atoms with Crippen LogP contribution in [0.1, 0.15) is 46.4 Å². The third-order valence-electron chi connectivity index (χ3n) is 3.20. The monoisotopic (exact) mass is 267 g/mol. The summed E-state index contributed by atoms with van der Waals surface area (Å²) in [6.07, 6.45) is 6.26. The summed E-state index contributed by atoms with van der Waals surface area (Å²) in [5, 5.41) is 13.8. The minimum absolute atomic E-state index is 0.614. The van der Waals surface area contributed by atoms with Gasteiger partial charge in [-0.3, -0.25) is 0 Å². The fraction of sp³-hybridized carbons (Fsp3) is 0.800. The van der Waals surface area contributed by atoms with E-state index < -0.39 is 5.60 Å². The van der Waals surface area contributed by atoms with Gasteiger partial charge in [0.2, 0.25) is 0 Å². The summed E-state index contributed by atoms with van der Waals surface area (Å²) in [7, 11) is 0. The van der Waals surface area contributed by atoms with Crippen LogP contribution in [0.15, 0.2) is 12.4 Å². The van der Waals surface area contributed by atoms with Crippen molar-refractivity contribution < 1.29 is 5.11 Å². The number of hydrogen-bond acceptors (Lipinski definition) is 3. The van der Waals surface area contributed by atoms with E-state index in [1.807, 2.05) is 19.3 Å². The maximum absolute atomic E-state index is 10.5. The Kier molecular flexibility index (Phi) is 6.52. The zero-order valence-corrected chi connectivity index (χ0v) is 12.8. The van der Waals surface area contributed by atoms with Crippen LogP contribution >= 0.6 is 0 Å². The summed E-state index contributed by atoms with van der Waals surface area (Å²) in [6, 6.07) is 0. The Morgan fingerprint density at radius 2 is 2.21 bits per heavy atom. The maximum atomic E-state index is 10.5. The third kappa shape index (κ3) is 6.21. The highest BCUT2D eigenvalue weighted by atomic mass is 16.3. The smallest absolute Gasteiger partial charge is 0.111 e. The van der Waals surface area contributed by atoms with E-state index in [9.17, 15) is 5.11 Å². The van der Waals surface area contributed by atoms with Crippen LogP contribution in [0.25, 0.3) is 0 Å². The lowest BCUT2D eigenvalue weighted by Gasteiger charge is -2.24. The van der Waals surface area contributed by atoms with Gasteiger partial charge >= 0.3 is 0 Å². The quantitative estimate of drug-likeness (QED) is 0.675. The van der Waals surface area contributed by atoms with Gasteiger partial charge in [-0.1, -0.05) is 20.8 Å². The van der Waals surface area contributed by atoms with Crippen molar-refractivity contribution in [3.8, 4) is 0 Å². The van der Waals surface area contributed by atoms with Crippen molar-refractivity contribution in [2.24, 2.45) is 5.92 Å². The molecule has 1 aromatic rings. The molecule has 0 aliphatic heterocycles. The van der Waals surface area contributed by atoms with Crippen LogP contribution < -0.4 is 5.32 Å². The first-order valence-corrected chi connectivity index (χ1v) is 7.37. The second kappa shape index (κ2) is 7.65. The van der Waals surface area contributed by atoms with Gasteiger partial charge in [0.15, 0.2) is 0 Å². The molecular formula is C15H29N3O. The fourth-order valence-electron chi connectivity index (χ4n) is 2.13. The van der Waals surface area contributed by atoms with Gasteiger partial charge in [0.05, 0.1) is 5.60 Å². The van der Waals surface area contributed by atoms with Gasteiger partial charge in [-0.05, 0) is 38.8 Å². The molecule has 0 bridgehead atoms. The van der Waals surface area contributed by atoms with Gasteiger partial charge < -0.3 is 15.0 Å². The number of aliphatic hydroxyl groups is 1. The summed E-state index contributed by atoms with van der Waals surface area (Å²) >= 11 is 0. The predicted molar refractivity (Wildman–Crippen MR) is 79.2 cm³/mol. The first kappa shape index (κ1) is 16.2. The number of hydrogen-bond donors (Lipinski definition) is 2. The predicted octanol–water partition coefficient (Wildman–Crippen LogP) is 2.22. The van der Waals surface area contributed by atoms with Gasteiger partial charge in [-0.25, -0.2) is 4.98 Å². The van der Waals surface area contributed by atoms with E-state index in [-0.39, 0.29) is 0 Å². The zero-order chi connectivity index (χ0) is 14.3. The molecule has 0 saturated carbocycles. The van der Waals surface area contributed by atoms with Gasteiger partial charge in [-0.2, -0.15) is 0 Å². The number of rotatable bonds is 9. The number of aryl methyl sites for hydroxylation is 1. The van der Waals surface area contributed by atoms with Gasteiger partial charge in [0.25, 0.3) is 0 Å². The SMILES string of the molecule is CCCn1ccnc1CC(C)(O)CCNCC(C)C. The molecule has 19 heavy (non-hydrogen) atoms. The molecule has 1 heterocycles. The molecule has 0 aliphatic rings. The molecule has 0 aliphatic carbocycles. The molecule has 4 heteroatoms. The van der Waals surface area contributed by atoms with Crippen LogP contribution in [-0.4, -0.2) is 33.3 Å². The first-order chi connectivity index (χ1) is 8.94. The zero-order valence-electron chi connectivity index (χ0n) is 12.8. The van der Waals surface area contributed by atoms with Crippen molar-refractivity contribution in [2.75, 3.05) is 13.1 Å². The number of nitrogens with one attached hydrogen (secondary N) is 1. The van der Waals surface area contributed by atoms with Crippen molar-refractivity contribution in [2.45, 2.75) is 59.1 Å². The van der Waals surface area contributed by atoms with E-state index in [1.165, 1.54) is 0 Å². The lowest BCUT2D eigenvalue weighted by Crippen LogP contribution is -2.34. The molecule has 1 aromatic heterocycles. The maximum Gasteiger partial charge on any atom is 0.111 e. The molecule has 0 saturated heterocycles. The average Bonchev–Trinajstić information content (AvgIpc) is 2.72. The Morgan fingerprint density at radius 1 is 1.47 bits per heavy atom. The molecule has 2 N–H and O–H groups in total. The van der Waals surface area contributed by atoms with E-state index in [1.54, 1.807) is 0 Å². The third-order valence-corrected chi connectivity index (χ3v) is 3.20. The van der Waals surface area contributed by atoms with Crippen LogP contribution in [0.5, 0.6) is 0 Å². The molecule has 110 valence electrons. The number of aromatic nitrogens is 2. The summed E-state index contributed by atoms with van der Waals surface area (Å²) in [4.78, 5) is 4.36. The summed E-state index contributed by atoms with van der Waals surface area (Å²) in [5.74, 6) is 1.63. The van der Waals surface area contributed by atoms with Crippen molar-refractivity contribution >= 4 is 0 Å². The highest BCUT2D eigenvalue weighted by molar-refractivity contribution is 4.97. The van der Waals surface area contributed by atoms with E-state index in [0.29, 0.717) is 12.3 Å². The van der Waals surface area contributed by atoms with Crippen LogP contribution in [0.3, 0.4) is 0 Å². The highest BCUT2D eigenvalue weighted by Crippen LogP contribution is 2.15. The molecule has 1 unspecified atom stereocenters. The molecule has 0 fully saturated rings. The van der Waals surface area contributed by atoms with Gasteiger partial charge in [-0.15, -0.1) is 0 Å². The Labute approximate surface area is 117 Å². The summed E-state index contributed by atoms with van der Waals surface area (Å²) in [5.41, 5.74) is -0.694. The summed E-state index contributed by atoms with van der Waals surface area (Å²) < 4.78 is 2.13. The highest BCUT2D eigenvalue weighted by Gasteiger charge is 2.22. The number of imidazole rings is 1. The molecule has 0 amide bonds. The lowest BCUT2D eigenvalue weighted by atomic mass is 9.97. The molecule has 0 spiro atoms. The van der Waals surface area contributed by atoms with Crippen LogP contribution in [0, 0.1) is 5.92 Å². The van der Waals surface area contributed by atoms with Crippen LogP contribution in [-0.2, 0) is 13.0 Å². The summed E-state index contributed by atoms with van der Waals surface area (Å²) in [6.45, 7) is 11.2. The first-order valence-electron chi connectivity index (χ1n) is 7.37. The minimum atomic E-state index is -0.694. The molecule has 1 atom stereocenters. The van der Waals surface area contributed by atoms with E-state index in [4.69, 9.17) is 0 Å². The van der Waals surface area contributed by atoms with Gasteiger partial charge in [0, 0.05) is 25.4 Å². The van der Waals surface area contributed by atoms with Crippen LogP contribution in [0.4, 0.5) is 0 Å². The normalized spacial score (nSPS) is 14.8. The molecule has 1 rings (SSSR count). The molecule has 4 nitrogen and oxygen atoms in total. The van der Waals surface area contributed by atoms with Gasteiger partial charge in [0.1, 0.15) is 5.82 Å². The largest absolute Gasteiger partial charge is 0.390 e. The van der Waals surface area contributed by atoms with E-state index >= 15 is 0 Å². The Hall–Kier alpha value is -0.870.